The van der Waals surface area contributed by atoms with Crippen molar-refractivity contribution in [1.82, 2.24) is 4.90 Å². The number of carboxylic acids is 1. The normalized spacial score (nSPS) is 21.0. The number of anilines is 1. The molecule has 1 heterocycles. The van der Waals surface area contributed by atoms with E-state index in [0.29, 0.717) is 0 Å². The number of piperazine rings is 1. The van der Waals surface area contributed by atoms with Crippen LogP contribution >= 0.6 is 0 Å². The molecule has 0 radical (unpaired) electrons. The number of nitrogens with zero attached hydrogens (tertiary/aromatic N) is 2. The van der Waals surface area contributed by atoms with Crippen LogP contribution in [0.5, 0.6) is 0 Å². The van der Waals surface area contributed by atoms with Crippen molar-refractivity contribution in [3.63, 3.8) is 0 Å². The number of likely N-dealkylation sites (N-methyl/N-ethyl adjacent to an activating group) is 1. The molecule has 1 atom stereocenters. The summed E-state index contributed by atoms with van der Waals surface area (Å²) in [7, 11) is 2.04. The minimum Gasteiger partial charge on any atom is -0.481 e. The Morgan fingerprint density at radius 3 is 2.89 bits per heavy atom. The summed E-state index contributed by atoms with van der Waals surface area (Å²) in [6.07, 6.45) is 0.193. The molecule has 18 heavy (non-hydrogen) atoms. The number of carbonyl (C=O) groups is 1. The van der Waals surface area contributed by atoms with Crippen LogP contribution in [0.3, 0.4) is 0 Å². The lowest BCUT2D eigenvalue weighted by atomic mass is 10.1. The zero-order valence-corrected chi connectivity index (χ0v) is 11.0. The average Bonchev–Trinajstić information content (AvgIpc) is 2.28. The van der Waals surface area contributed by atoms with Crippen LogP contribution in [-0.4, -0.2) is 48.7 Å². The first kappa shape index (κ1) is 12.9. The molecule has 1 unspecified atom stereocenters. The average molecular weight is 248 g/mol. The molecule has 2 rings (SSSR count). The van der Waals surface area contributed by atoms with Crippen LogP contribution in [0, 0.1) is 6.92 Å². The Kier molecular flexibility index (Phi) is 3.87. The molecule has 1 aliphatic rings. The molecule has 98 valence electrons. The highest BCUT2D eigenvalue weighted by atomic mass is 16.4. The van der Waals surface area contributed by atoms with Gasteiger partial charge in [-0.25, -0.2) is 0 Å². The van der Waals surface area contributed by atoms with E-state index in [-0.39, 0.29) is 12.5 Å². The maximum atomic E-state index is 11.0. The maximum Gasteiger partial charge on any atom is 0.305 e. The third kappa shape index (κ3) is 3.01. The van der Waals surface area contributed by atoms with Gasteiger partial charge in [-0.1, -0.05) is 12.1 Å². The molecule has 0 amide bonds. The summed E-state index contributed by atoms with van der Waals surface area (Å²) in [6, 6.07) is 8.34. The van der Waals surface area contributed by atoms with Gasteiger partial charge < -0.3 is 14.9 Å². The van der Waals surface area contributed by atoms with Crippen LogP contribution < -0.4 is 4.90 Å². The SMILES string of the molecule is Cc1cccc(N2CCN(C)CC2CC(=O)O)c1. The molecule has 0 spiro atoms. The lowest BCUT2D eigenvalue weighted by Crippen LogP contribution is -2.52. The van der Waals surface area contributed by atoms with Gasteiger partial charge in [0.1, 0.15) is 0 Å². The van der Waals surface area contributed by atoms with Gasteiger partial charge in [0.15, 0.2) is 0 Å². The Hall–Kier alpha value is -1.55. The lowest BCUT2D eigenvalue weighted by Gasteiger charge is -2.41. The van der Waals surface area contributed by atoms with Crippen molar-refractivity contribution in [2.45, 2.75) is 19.4 Å². The summed E-state index contributed by atoms with van der Waals surface area (Å²) >= 11 is 0. The molecule has 1 aromatic carbocycles. The second-order valence-electron chi connectivity index (χ2n) is 5.05. The van der Waals surface area contributed by atoms with Crippen LogP contribution in [0.4, 0.5) is 5.69 Å². The van der Waals surface area contributed by atoms with E-state index >= 15 is 0 Å². The van der Waals surface area contributed by atoms with Gasteiger partial charge in [-0.15, -0.1) is 0 Å². The van der Waals surface area contributed by atoms with E-state index in [1.54, 1.807) is 0 Å². The fraction of sp³-hybridized carbons (Fsp3) is 0.500. The van der Waals surface area contributed by atoms with Crippen molar-refractivity contribution < 1.29 is 9.90 Å². The Balaban J connectivity index is 2.20. The van der Waals surface area contributed by atoms with E-state index in [9.17, 15) is 4.79 Å². The maximum absolute atomic E-state index is 11.0. The van der Waals surface area contributed by atoms with Gasteiger partial charge in [-0.2, -0.15) is 0 Å². The predicted molar refractivity (Wildman–Crippen MR) is 72.1 cm³/mol. The van der Waals surface area contributed by atoms with E-state index in [1.165, 1.54) is 5.56 Å². The molecule has 1 fully saturated rings. The number of carboxylic acid groups (broad SMARTS) is 1. The van der Waals surface area contributed by atoms with Crippen LogP contribution in [0.25, 0.3) is 0 Å². The number of hydrogen-bond acceptors (Lipinski definition) is 3. The summed E-state index contributed by atoms with van der Waals surface area (Å²) in [5.41, 5.74) is 2.34. The number of rotatable bonds is 3. The molecule has 4 nitrogen and oxygen atoms in total. The van der Waals surface area contributed by atoms with Crippen molar-refractivity contribution in [2.24, 2.45) is 0 Å². The Morgan fingerprint density at radius 2 is 2.22 bits per heavy atom. The van der Waals surface area contributed by atoms with E-state index in [0.717, 1.165) is 25.3 Å². The number of aryl methyl sites for hydroxylation is 1. The highest BCUT2D eigenvalue weighted by Crippen LogP contribution is 2.22. The standard InChI is InChI=1S/C14H20N2O2/c1-11-4-3-5-12(8-11)16-7-6-15(2)10-13(16)9-14(17)18/h3-5,8,13H,6-7,9-10H2,1-2H3,(H,17,18). The number of aliphatic carboxylic acids is 1. The molecule has 1 aliphatic heterocycles. The number of hydrogen-bond donors (Lipinski definition) is 1. The monoisotopic (exact) mass is 248 g/mol. The van der Waals surface area contributed by atoms with Gasteiger partial charge in [0.05, 0.1) is 12.5 Å². The topological polar surface area (TPSA) is 43.8 Å². The third-order valence-electron chi connectivity index (χ3n) is 3.43. The van der Waals surface area contributed by atoms with Crippen LogP contribution in [0.2, 0.25) is 0 Å². The summed E-state index contributed by atoms with van der Waals surface area (Å²) in [4.78, 5) is 15.4. The van der Waals surface area contributed by atoms with E-state index < -0.39 is 5.97 Å². The summed E-state index contributed by atoms with van der Waals surface area (Å²) in [5.74, 6) is -0.729. The van der Waals surface area contributed by atoms with Crippen molar-refractivity contribution in [3.8, 4) is 0 Å². The zero-order chi connectivity index (χ0) is 13.1. The summed E-state index contributed by atoms with van der Waals surface area (Å²) in [5, 5.41) is 9.03. The van der Waals surface area contributed by atoms with Gasteiger partial charge in [0.2, 0.25) is 0 Å². The molecule has 0 saturated carbocycles. The highest BCUT2D eigenvalue weighted by Gasteiger charge is 2.27. The first-order valence-electron chi connectivity index (χ1n) is 6.30. The molecular formula is C14H20N2O2. The molecule has 0 aliphatic carbocycles. The van der Waals surface area contributed by atoms with E-state index in [4.69, 9.17) is 5.11 Å². The van der Waals surface area contributed by atoms with Crippen LogP contribution in [0.1, 0.15) is 12.0 Å². The summed E-state index contributed by atoms with van der Waals surface area (Å²) in [6.45, 7) is 4.73. The third-order valence-corrected chi connectivity index (χ3v) is 3.43. The molecule has 0 aromatic heterocycles. The van der Waals surface area contributed by atoms with Crippen LogP contribution in [0.15, 0.2) is 24.3 Å². The Bertz CT molecular complexity index is 434. The molecule has 1 saturated heterocycles. The molecule has 1 N–H and O–H groups in total. The van der Waals surface area contributed by atoms with Gasteiger partial charge in [-0.05, 0) is 31.7 Å². The number of benzene rings is 1. The molecular weight excluding hydrogens is 228 g/mol. The molecule has 1 aromatic rings. The van der Waals surface area contributed by atoms with Crippen molar-refractivity contribution in [1.29, 1.82) is 0 Å². The van der Waals surface area contributed by atoms with Crippen LogP contribution in [-0.2, 0) is 4.79 Å². The quantitative estimate of drug-likeness (QED) is 0.882. The Morgan fingerprint density at radius 1 is 1.44 bits per heavy atom. The Labute approximate surface area is 108 Å². The van der Waals surface area contributed by atoms with Gasteiger partial charge in [0.25, 0.3) is 0 Å². The minimum atomic E-state index is -0.729. The van der Waals surface area contributed by atoms with Gasteiger partial charge in [-0.3, -0.25) is 4.79 Å². The highest BCUT2D eigenvalue weighted by molar-refractivity contribution is 5.69. The van der Waals surface area contributed by atoms with Gasteiger partial charge >= 0.3 is 5.97 Å². The van der Waals surface area contributed by atoms with Crippen molar-refractivity contribution in [2.75, 3.05) is 31.6 Å². The summed E-state index contributed by atoms with van der Waals surface area (Å²) < 4.78 is 0. The fourth-order valence-corrected chi connectivity index (χ4v) is 2.53. The first-order chi connectivity index (χ1) is 8.56. The molecule has 4 heteroatoms. The first-order valence-corrected chi connectivity index (χ1v) is 6.30. The fourth-order valence-electron chi connectivity index (χ4n) is 2.53. The van der Waals surface area contributed by atoms with E-state index in [2.05, 4.69) is 34.9 Å². The smallest absolute Gasteiger partial charge is 0.305 e. The largest absolute Gasteiger partial charge is 0.481 e. The second-order valence-corrected chi connectivity index (χ2v) is 5.05. The van der Waals surface area contributed by atoms with E-state index in [1.807, 2.05) is 13.1 Å². The lowest BCUT2D eigenvalue weighted by molar-refractivity contribution is -0.137. The van der Waals surface area contributed by atoms with Crippen molar-refractivity contribution >= 4 is 11.7 Å². The van der Waals surface area contributed by atoms with Gasteiger partial charge in [0, 0.05) is 25.3 Å². The predicted octanol–water partition coefficient (Wildman–Crippen LogP) is 1.59. The molecule has 0 bridgehead atoms. The van der Waals surface area contributed by atoms with Crippen molar-refractivity contribution in [3.05, 3.63) is 29.8 Å². The second kappa shape index (κ2) is 5.40. The zero-order valence-electron chi connectivity index (χ0n) is 11.0. The minimum absolute atomic E-state index is 0.0584.